The number of carboxylic acids is 1. The third-order valence-corrected chi connectivity index (χ3v) is 3.68. The minimum absolute atomic E-state index is 0.0934. The molecule has 1 aliphatic rings. The van der Waals surface area contributed by atoms with Gasteiger partial charge in [0.1, 0.15) is 5.76 Å². The first-order valence-electron chi connectivity index (χ1n) is 6.97. The molecule has 0 bridgehead atoms. The van der Waals surface area contributed by atoms with Gasteiger partial charge in [-0.05, 0) is 33.2 Å². The number of aliphatic carboxylic acids is 1. The van der Waals surface area contributed by atoms with E-state index >= 15 is 0 Å². The van der Waals surface area contributed by atoms with Crippen molar-refractivity contribution >= 4 is 5.97 Å². The van der Waals surface area contributed by atoms with E-state index in [-0.39, 0.29) is 6.42 Å². The highest BCUT2D eigenvalue weighted by Gasteiger charge is 2.27. The highest BCUT2D eigenvalue weighted by Crippen LogP contribution is 2.23. The Bertz CT molecular complexity index is 428. The van der Waals surface area contributed by atoms with Gasteiger partial charge in [0.15, 0.2) is 5.89 Å². The number of aromatic nitrogens is 1. The molecule has 0 saturated carbocycles. The summed E-state index contributed by atoms with van der Waals surface area (Å²) in [6, 6.07) is 1.06. The Morgan fingerprint density at radius 3 is 3.11 bits per heavy atom. The predicted molar refractivity (Wildman–Crippen MR) is 71.0 cm³/mol. The summed E-state index contributed by atoms with van der Waals surface area (Å²) in [7, 11) is 0. The summed E-state index contributed by atoms with van der Waals surface area (Å²) >= 11 is 0. The van der Waals surface area contributed by atoms with Gasteiger partial charge in [0.25, 0.3) is 0 Å². The quantitative estimate of drug-likeness (QED) is 0.854. The van der Waals surface area contributed by atoms with Gasteiger partial charge in [-0.3, -0.25) is 9.69 Å². The number of hydrogen-bond donors (Lipinski definition) is 1. The first kappa shape index (κ1) is 14.1. The van der Waals surface area contributed by atoms with Gasteiger partial charge in [0.05, 0.1) is 12.6 Å². The monoisotopic (exact) mass is 266 g/mol. The summed E-state index contributed by atoms with van der Waals surface area (Å²) in [5, 5.41) is 8.64. The lowest BCUT2D eigenvalue weighted by Gasteiger charge is -2.27. The summed E-state index contributed by atoms with van der Waals surface area (Å²) in [5.41, 5.74) is 0. The SMILES string of the molecule is CC(C)N1CCCC1Cc1ncc(CCC(=O)O)o1. The molecule has 1 aromatic rings. The zero-order chi connectivity index (χ0) is 13.8. The van der Waals surface area contributed by atoms with E-state index in [4.69, 9.17) is 9.52 Å². The summed E-state index contributed by atoms with van der Waals surface area (Å²) < 4.78 is 5.62. The minimum Gasteiger partial charge on any atom is -0.481 e. The van der Waals surface area contributed by atoms with Crippen LogP contribution in [0.3, 0.4) is 0 Å². The van der Waals surface area contributed by atoms with Crippen LogP contribution in [0.5, 0.6) is 0 Å². The molecule has 2 rings (SSSR count). The molecule has 1 saturated heterocycles. The first-order valence-corrected chi connectivity index (χ1v) is 6.97. The van der Waals surface area contributed by atoms with Crippen LogP contribution in [0.25, 0.3) is 0 Å². The van der Waals surface area contributed by atoms with Crippen LogP contribution in [-0.4, -0.2) is 39.6 Å². The Labute approximate surface area is 113 Å². The second-order valence-corrected chi connectivity index (χ2v) is 5.45. The maximum atomic E-state index is 10.5. The van der Waals surface area contributed by atoms with Gasteiger partial charge in [0, 0.05) is 24.9 Å². The summed E-state index contributed by atoms with van der Waals surface area (Å²) in [5.74, 6) is 0.601. The Balaban J connectivity index is 1.90. The second kappa shape index (κ2) is 6.19. The van der Waals surface area contributed by atoms with Crippen molar-refractivity contribution in [1.82, 2.24) is 9.88 Å². The van der Waals surface area contributed by atoms with Gasteiger partial charge in [0.2, 0.25) is 0 Å². The summed E-state index contributed by atoms with van der Waals surface area (Å²) in [4.78, 5) is 17.3. The molecule has 1 aliphatic heterocycles. The second-order valence-electron chi connectivity index (χ2n) is 5.45. The van der Waals surface area contributed by atoms with Crippen LogP contribution in [-0.2, 0) is 17.6 Å². The average molecular weight is 266 g/mol. The molecule has 1 N–H and O–H groups in total. The number of carboxylic acid groups (broad SMARTS) is 1. The normalized spacial score (nSPS) is 20.3. The van der Waals surface area contributed by atoms with Crippen LogP contribution < -0.4 is 0 Å². The number of likely N-dealkylation sites (tertiary alicyclic amines) is 1. The molecule has 0 aliphatic carbocycles. The fourth-order valence-electron chi connectivity index (χ4n) is 2.75. The van der Waals surface area contributed by atoms with E-state index in [2.05, 4.69) is 23.7 Å². The van der Waals surface area contributed by atoms with Gasteiger partial charge in [-0.1, -0.05) is 0 Å². The van der Waals surface area contributed by atoms with Gasteiger partial charge in [-0.2, -0.15) is 0 Å². The topological polar surface area (TPSA) is 66.6 Å². The number of nitrogens with zero attached hydrogens (tertiary/aromatic N) is 2. The van der Waals surface area contributed by atoms with Gasteiger partial charge < -0.3 is 9.52 Å². The molecule has 1 unspecified atom stereocenters. The molecule has 5 heteroatoms. The largest absolute Gasteiger partial charge is 0.481 e. The highest BCUT2D eigenvalue weighted by molar-refractivity contribution is 5.66. The van der Waals surface area contributed by atoms with Crippen LogP contribution in [0.1, 0.15) is 44.8 Å². The zero-order valence-corrected chi connectivity index (χ0v) is 11.6. The molecule has 106 valence electrons. The number of carbonyl (C=O) groups is 1. The number of oxazole rings is 1. The maximum Gasteiger partial charge on any atom is 0.303 e. The van der Waals surface area contributed by atoms with Crippen LogP contribution in [0.15, 0.2) is 10.6 Å². The molecule has 19 heavy (non-hydrogen) atoms. The van der Waals surface area contributed by atoms with E-state index in [9.17, 15) is 4.79 Å². The van der Waals surface area contributed by atoms with Gasteiger partial charge in [-0.15, -0.1) is 0 Å². The lowest BCUT2D eigenvalue weighted by molar-refractivity contribution is -0.137. The van der Waals surface area contributed by atoms with E-state index < -0.39 is 5.97 Å². The molecule has 1 fully saturated rings. The predicted octanol–water partition coefficient (Wildman–Crippen LogP) is 2.11. The van der Waals surface area contributed by atoms with Crippen molar-refractivity contribution in [2.24, 2.45) is 0 Å². The lowest BCUT2D eigenvalue weighted by Crippen LogP contribution is -2.36. The van der Waals surface area contributed by atoms with Crippen molar-refractivity contribution in [2.75, 3.05) is 6.54 Å². The molecule has 1 atom stereocenters. The summed E-state index contributed by atoms with van der Waals surface area (Å²) in [6.45, 7) is 5.58. The van der Waals surface area contributed by atoms with Crippen LogP contribution in [0.2, 0.25) is 0 Å². The summed E-state index contributed by atoms with van der Waals surface area (Å²) in [6.07, 6.45) is 5.41. The van der Waals surface area contributed by atoms with Crippen molar-refractivity contribution in [2.45, 2.75) is 58.0 Å². The van der Waals surface area contributed by atoms with Crippen molar-refractivity contribution in [3.63, 3.8) is 0 Å². The Morgan fingerprint density at radius 1 is 1.63 bits per heavy atom. The molecule has 0 aromatic carbocycles. The number of hydrogen-bond acceptors (Lipinski definition) is 4. The van der Waals surface area contributed by atoms with Crippen LogP contribution in [0, 0.1) is 0 Å². The van der Waals surface area contributed by atoms with E-state index in [1.807, 2.05) is 0 Å². The Kier molecular flexibility index (Phi) is 4.58. The minimum atomic E-state index is -0.806. The molecule has 1 aromatic heterocycles. The molecule has 0 amide bonds. The van der Waals surface area contributed by atoms with E-state index in [1.165, 1.54) is 12.8 Å². The number of aryl methyl sites for hydroxylation is 1. The van der Waals surface area contributed by atoms with Gasteiger partial charge >= 0.3 is 5.97 Å². The molecule has 0 spiro atoms. The maximum absolute atomic E-state index is 10.5. The van der Waals surface area contributed by atoms with Crippen molar-refractivity contribution in [1.29, 1.82) is 0 Å². The third-order valence-electron chi connectivity index (χ3n) is 3.68. The highest BCUT2D eigenvalue weighted by atomic mass is 16.4. The van der Waals surface area contributed by atoms with Crippen LogP contribution >= 0.6 is 0 Å². The molecular formula is C14H22N2O3. The first-order chi connectivity index (χ1) is 9.06. The number of rotatable bonds is 6. The molecular weight excluding hydrogens is 244 g/mol. The fourth-order valence-corrected chi connectivity index (χ4v) is 2.75. The fraction of sp³-hybridized carbons (Fsp3) is 0.714. The lowest BCUT2D eigenvalue weighted by atomic mass is 10.1. The molecule has 2 heterocycles. The van der Waals surface area contributed by atoms with Crippen molar-refractivity contribution in [3.05, 3.63) is 17.8 Å². The average Bonchev–Trinajstić information content (AvgIpc) is 2.96. The van der Waals surface area contributed by atoms with E-state index in [0.717, 1.165) is 18.9 Å². The Hall–Kier alpha value is -1.36. The smallest absolute Gasteiger partial charge is 0.303 e. The third kappa shape index (κ3) is 3.80. The molecule has 0 radical (unpaired) electrons. The standard InChI is InChI=1S/C14H22N2O3/c1-10(2)16-7-3-4-11(16)8-13-15-9-12(19-13)5-6-14(17)18/h9-11H,3-8H2,1-2H3,(H,17,18). The van der Waals surface area contributed by atoms with Crippen LogP contribution in [0.4, 0.5) is 0 Å². The van der Waals surface area contributed by atoms with Crippen molar-refractivity contribution in [3.8, 4) is 0 Å². The van der Waals surface area contributed by atoms with Gasteiger partial charge in [-0.25, -0.2) is 4.98 Å². The van der Waals surface area contributed by atoms with Crippen molar-refractivity contribution < 1.29 is 14.3 Å². The zero-order valence-electron chi connectivity index (χ0n) is 11.6. The van der Waals surface area contributed by atoms with E-state index in [0.29, 0.717) is 24.3 Å². The van der Waals surface area contributed by atoms with E-state index in [1.54, 1.807) is 6.20 Å². The Morgan fingerprint density at radius 2 is 2.42 bits per heavy atom. The molecule has 5 nitrogen and oxygen atoms in total.